The molecule has 0 saturated heterocycles. The van der Waals surface area contributed by atoms with Crippen molar-refractivity contribution >= 4 is 5.71 Å². The first-order valence-corrected chi connectivity index (χ1v) is 8.25. The van der Waals surface area contributed by atoms with E-state index in [1.54, 1.807) is 0 Å². The molecule has 0 aliphatic heterocycles. The van der Waals surface area contributed by atoms with Crippen LogP contribution in [0.2, 0.25) is 0 Å². The molecule has 2 aliphatic carbocycles. The van der Waals surface area contributed by atoms with Crippen LogP contribution >= 0.6 is 0 Å². The molecule has 2 N–H and O–H groups in total. The van der Waals surface area contributed by atoms with E-state index >= 15 is 0 Å². The van der Waals surface area contributed by atoms with Crippen LogP contribution < -0.4 is 5.43 Å². The summed E-state index contributed by atoms with van der Waals surface area (Å²) < 4.78 is 0. The van der Waals surface area contributed by atoms with Gasteiger partial charge in [0.2, 0.25) is 6.04 Å². The Labute approximate surface area is 126 Å². The third kappa shape index (κ3) is 4.40. The molecule has 0 aromatic carbocycles. The van der Waals surface area contributed by atoms with Crippen molar-refractivity contribution in [2.45, 2.75) is 82.9 Å². The van der Waals surface area contributed by atoms with Gasteiger partial charge in [0.05, 0.1) is 6.10 Å². The summed E-state index contributed by atoms with van der Waals surface area (Å²) in [7, 11) is 0. The zero-order valence-corrected chi connectivity index (χ0v) is 12.8. The SMILES string of the molecule is CC/C(=N/NC1CCCCC1[N+](=O)[O-])C1CCC(O)CC1. The summed E-state index contributed by atoms with van der Waals surface area (Å²) in [5.41, 5.74) is 4.20. The normalized spacial score (nSPS) is 34.5. The fourth-order valence-electron chi connectivity index (χ4n) is 3.55. The van der Waals surface area contributed by atoms with Crippen LogP contribution in [0.15, 0.2) is 5.10 Å². The van der Waals surface area contributed by atoms with Crippen molar-refractivity contribution in [3.8, 4) is 0 Å². The van der Waals surface area contributed by atoms with E-state index in [0.717, 1.165) is 57.1 Å². The third-order valence-corrected chi connectivity index (χ3v) is 4.90. The van der Waals surface area contributed by atoms with Gasteiger partial charge in [-0.2, -0.15) is 5.10 Å². The van der Waals surface area contributed by atoms with Crippen molar-refractivity contribution in [1.82, 2.24) is 5.43 Å². The van der Waals surface area contributed by atoms with Crippen LogP contribution in [0.1, 0.15) is 64.7 Å². The van der Waals surface area contributed by atoms with Gasteiger partial charge in [0.25, 0.3) is 0 Å². The first-order valence-electron chi connectivity index (χ1n) is 8.25. The van der Waals surface area contributed by atoms with Gasteiger partial charge in [0.1, 0.15) is 6.04 Å². The zero-order chi connectivity index (χ0) is 15.2. The van der Waals surface area contributed by atoms with Crippen molar-refractivity contribution in [2.75, 3.05) is 0 Å². The van der Waals surface area contributed by atoms with Gasteiger partial charge in [-0.3, -0.25) is 10.1 Å². The number of hydrogen-bond donors (Lipinski definition) is 2. The van der Waals surface area contributed by atoms with Gasteiger partial charge >= 0.3 is 0 Å². The Bertz CT molecular complexity index is 378. The standard InChI is InChI=1S/C15H27N3O3/c1-2-13(11-7-9-12(19)10-8-11)16-17-14-5-3-4-6-15(14)18(20)21/h11-12,14-15,17,19H,2-10H2,1H3/b16-13-. The van der Waals surface area contributed by atoms with Gasteiger partial charge in [0.15, 0.2) is 0 Å². The molecule has 0 radical (unpaired) electrons. The Kier molecular flexibility index (Phi) is 5.96. The number of aliphatic hydroxyl groups excluding tert-OH is 1. The summed E-state index contributed by atoms with van der Waals surface area (Å²) in [6.07, 6.45) is 7.77. The molecule has 0 aromatic rings. The van der Waals surface area contributed by atoms with Crippen LogP contribution in [0, 0.1) is 16.0 Å². The van der Waals surface area contributed by atoms with Crippen LogP contribution in [0.4, 0.5) is 0 Å². The zero-order valence-electron chi connectivity index (χ0n) is 12.8. The highest BCUT2D eigenvalue weighted by Crippen LogP contribution is 2.27. The Balaban J connectivity index is 1.94. The van der Waals surface area contributed by atoms with Crippen LogP contribution in [0.3, 0.4) is 0 Å². The van der Waals surface area contributed by atoms with Crippen molar-refractivity contribution in [1.29, 1.82) is 0 Å². The van der Waals surface area contributed by atoms with Gasteiger partial charge in [-0.25, -0.2) is 0 Å². The van der Waals surface area contributed by atoms with Gasteiger partial charge < -0.3 is 10.5 Å². The Morgan fingerprint density at radius 1 is 1.24 bits per heavy atom. The van der Waals surface area contributed by atoms with Crippen LogP contribution in [-0.2, 0) is 0 Å². The molecule has 0 amide bonds. The highest BCUT2D eigenvalue weighted by atomic mass is 16.6. The number of aliphatic hydroxyl groups is 1. The first-order chi connectivity index (χ1) is 10.1. The number of hydrazone groups is 1. The predicted octanol–water partition coefficient (Wildman–Crippen LogP) is 2.48. The smallest absolute Gasteiger partial charge is 0.234 e. The van der Waals surface area contributed by atoms with Crippen molar-refractivity contribution in [3.63, 3.8) is 0 Å². The van der Waals surface area contributed by atoms with E-state index in [2.05, 4.69) is 17.5 Å². The summed E-state index contributed by atoms with van der Waals surface area (Å²) in [4.78, 5) is 10.9. The van der Waals surface area contributed by atoms with E-state index in [1.165, 1.54) is 0 Å². The molecule has 6 nitrogen and oxygen atoms in total. The van der Waals surface area contributed by atoms with Gasteiger partial charge in [-0.1, -0.05) is 13.3 Å². The quantitative estimate of drug-likeness (QED) is 0.463. The van der Waals surface area contributed by atoms with Crippen molar-refractivity contribution in [2.24, 2.45) is 11.0 Å². The van der Waals surface area contributed by atoms with Crippen molar-refractivity contribution in [3.05, 3.63) is 10.1 Å². The summed E-state index contributed by atoms with van der Waals surface area (Å²) in [5.74, 6) is 0.420. The number of nitrogens with zero attached hydrogens (tertiary/aromatic N) is 2. The van der Waals surface area contributed by atoms with E-state index < -0.39 is 6.04 Å². The monoisotopic (exact) mass is 297 g/mol. The molecule has 21 heavy (non-hydrogen) atoms. The summed E-state index contributed by atoms with van der Waals surface area (Å²) in [5, 5.41) is 25.2. The molecule has 120 valence electrons. The lowest BCUT2D eigenvalue weighted by molar-refractivity contribution is -0.530. The van der Waals surface area contributed by atoms with E-state index in [9.17, 15) is 15.2 Å². The molecule has 2 rings (SSSR count). The molecule has 2 atom stereocenters. The predicted molar refractivity (Wildman–Crippen MR) is 81.9 cm³/mol. The fourth-order valence-corrected chi connectivity index (χ4v) is 3.55. The lowest BCUT2D eigenvalue weighted by Gasteiger charge is -2.28. The second-order valence-corrected chi connectivity index (χ2v) is 6.33. The minimum absolute atomic E-state index is 0.135. The van der Waals surface area contributed by atoms with Gasteiger partial charge in [-0.05, 0) is 50.9 Å². The molecule has 2 saturated carbocycles. The van der Waals surface area contributed by atoms with Crippen molar-refractivity contribution < 1.29 is 10.0 Å². The molecule has 2 aliphatic rings. The van der Waals surface area contributed by atoms with Crippen LogP contribution in [-0.4, -0.2) is 33.9 Å². The maximum atomic E-state index is 11.1. The molecule has 0 bridgehead atoms. The Morgan fingerprint density at radius 3 is 2.52 bits per heavy atom. The molecular weight excluding hydrogens is 270 g/mol. The molecule has 0 aromatic heterocycles. The fraction of sp³-hybridized carbons (Fsp3) is 0.933. The number of nitro groups is 1. The van der Waals surface area contributed by atoms with Gasteiger partial charge in [0, 0.05) is 17.1 Å². The molecule has 2 unspecified atom stereocenters. The van der Waals surface area contributed by atoms with Crippen LogP contribution in [0.5, 0.6) is 0 Å². The second kappa shape index (κ2) is 7.73. The topological polar surface area (TPSA) is 87.8 Å². The highest BCUT2D eigenvalue weighted by molar-refractivity contribution is 5.86. The summed E-state index contributed by atoms with van der Waals surface area (Å²) in [6.45, 7) is 2.08. The first kappa shape index (κ1) is 16.2. The number of nitrogens with one attached hydrogen (secondary N) is 1. The van der Waals surface area contributed by atoms with E-state index in [4.69, 9.17) is 0 Å². The maximum Gasteiger partial charge on any atom is 0.234 e. The number of hydrogen-bond acceptors (Lipinski definition) is 5. The minimum atomic E-state index is -0.506. The average Bonchev–Trinajstić information content (AvgIpc) is 2.50. The molecule has 0 heterocycles. The van der Waals surface area contributed by atoms with Gasteiger partial charge in [-0.15, -0.1) is 0 Å². The third-order valence-electron chi connectivity index (χ3n) is 4.90. The van der Waals surface area contributed by atoms with Crippen LogP contribution in [0.25, 0.3) is 0 Å². The molecule has 0 spiro atoms. The molecule has 6 heteroatoms. The molecule has 2 fully saturated rings. The molecular formula is C15H27N3O3. The van der Waals surface area contributed by atoms with E-state index in [1.807, 2.05) is 0 Å². The minimum Gasteiger partial charge on any atom is -0.393 e. The largest absolute Gasteiger partial charge is 0.393 e. The Morgan fingerprint density at radius 2 is 1.90 bits per heavy atom. The average molecular weight is 297 g/mol. The summed E-state index contributed by atoms with van der Waals surface area (Å²) in [6, 6.07) is -0.640. The second-order valence-electron chi connectivity index (χ2n) is 6.33. The van der Waals surface area contributed by atoms with E-state index in [0.29, 0.717) is 12.3 Å². The Hall–Kier alpha value is -1.17. The number of rotatable bonds is 5. The highest BCUT2D eigenvalue weighted by Gasteiger charge is 2.34. The lowest BCUT2D eigenvalue weighted by Crippen LogP contribution is -2.44. The van der Waals surface area contributed by atoms with E-state index in [-0.39, 0.29) is 17.1 Å². The maximum absolute atomic E-state index is 11.1. The summed E-state index contributed by atoms with van der Waals surface area (Å²) >= 11 is 0. The lowest BCUT2D eigenvalue weighted by atomic mass is 9.83.